The van der Waals surface area contributed by atoms with Gasteiger partial charge in [0.2, 0.25) is 0 Å². The first kappa shape index (κ1) is 12.6. The number of aliphatic hydroxyl groups is 1. The number of aliphatic hydroxyl groups excluding tert-OH is 1. The minimum absolute atomic E-state index is 0.103. The topological polar surface area (TPSA) is 37.3 Å². The zero-order valence-corrected chi connectivity index (χ0v) is 10.9. The highest BCUT2D eigenvalue weighted by Gasteiger charge is 2.37. The summed E-state index contributed by atoms with van der Waals surface area (Å²) in [6.45, 7) is 6.51. The van der Waals surface area contributed by atoms with Gasteiger partial charge in [0, 0.05) is 12.0 Å². The van der Waals surface area contributed by atoms with Crippen molar-refractivity contribution in [1.29, 1.82) is 0 Å². The van der Waals surface area contributed by atoms with E-state index in [4.69, 9.17) is 0 Å². The van der Waals surface area contributed by atoms with Gasteiger partial charge in [-0.15, -0.1) is 0 Å². The second-order valence-corrected chi connectivity index (χ2v) is 5.81. The van der Waals surface area contributed by atoms with Crippen molar-refractivity contribution in [2.24, 2.45) is 23.7 Å². The average molecular weight is 234 g/mol. The van der Waals surface area contributed by atoms with Crippen molar-refractivity contribution in [3.63, 3.8) is 0 Å². The lowest BCUT2D eigenvalue weighted by Gasteiger charge is -2.39. The maximum absolute atomic E-state index is 12.0. The smallest absolute Gasteiger partial charge is 0.161 e. The van der Waals surface area contributed by atoms with Gasteiger partial charge in [0.05, 0.1) is 6.61 Å². The Morgan fingerprint density at radius 1 is 1.47 bits per heavy atom. The lowest BCUT2D eigenvalue weighted by molar-refractivity contribution is -0.118. The van der Waals surface area contributed by atoms with Gasteiger partial charge in [0.25, 0.3) is 0 Å². The summed E-state index contributed by atoms with van der Waals surface area (Å²) in [7, 11) is 0. The molecule has 0 aliphatic heterocycles. The molecule has 0 fully saturated rings. The second-order valence-electron chi connectivity index (χ2n) is 5.81. The van der Waals surface area contributed by atoms with E-state index in [9.17, 15) is 9.90 Å². The predicted molar refractivity (Wildman–Crippen MR) is 68.5 cm³/mol. The van der Waals surface area contributed by atoms with Gasteiger partial charge in [-0.2, -0.15) is 0 Å². The zero-order valence-electron chi connectivity index (χ0n) is 10.9. The fourth-order valence-corrected chi connectivity index (χ4v) is 3.25. The van der Waals surface area contributed by atoms with Gasteiger partial charge >= 0.3 is 0 Å². The van der Waals surface area contributed by atoms with Crippen LogP contribution in [0.4, 0.5) is 0 Å². The molecule has 1 N–H and O–H groups in total. The highest BCUT2D eigenvalue weighted by Crippen LogP contribution is 2.43. The summed E-state index contributed by atoms with van der Waals surface area (Å²) in [6, 6.07) is 0. The molecule has 0 aromatic heterocycles. The standard InChI is InChI=1S/C15H22O2/c1-9(2)12-7-15(17)14(8-16)11-5-4-10(3)6-13(11)12/h4-5,9-10,12-13,16H,6-8H2,1-3H3/t10-,12-,13+/m1/s1. The van der Waals surface area contributed by atoms with Gasteiger partial charge < -0.3 is 5.11 Å². The normalized spacial score (nSPS) is 33.2. The third-order valence-electron chi connectivity index (χ3n) is 4.27. The van der Waals surface area contributed by atoms with Crippen LogP contribution in [0.5, 0.6) is 0 Å². The number of carbonyl (C=O) groups excluding carboxylic acids is 1. The van der Waals surface area contributed by atoms with E-state index in [2.05, 4.69) is 32.9 Å². The first-order valence-electron chi connectivity index (χ1n) is 6.59. The van der Waals surface area contributed by atoms with Gasteiger partial charge in [-0.05, 0) is 35.7 Å². The number of fused-ring (bicyclic) bond motifs is 1. The van der Waals surface area contributed by atoms with Gasteiger partial charge in [-0.3, -0.25) is 4.79 Å². The lowest BCUT2D eigenvalue weighted by Crippen LogP contribution is -2.34. The van der Waals surface area contributed by atoms with Crippen LogP contribution in [0.2, 0.25) is 0 Å². The Morgan fingerprint density at radius 2 is 2.18 bits per heavy atom. The molecule has 0 saturated carbocycles. The van der Waals surface area contributed by atoms with Crippen molar-refractivity contribution in [3.8, 4) is 0 Å². The Balaban J connectivity index is 2.43. The summed E-state index contributed by atoms with van der Waals surface area (Å²) in [4.78, 5) is 12.0. The molecule has 0 spiro atoms. The largest absolute Gasteiger partial charge is 0.392 e. The van der Waals surface area contributed by atoms with E-state index in [0.29, 0.717) is 35.7 Å². The fourth-order valence-electron chi connectivity index (χ4n) is 3.25. The molecule has 0 amide bonds. The van der Waals surface area contributed by atoms with Crippen LogP contribution in [-0.4, -0.2) is 17.5 Å². The van der Waals surface area contributed by atoms with E-state index < -0.39 is 0 Å². The molecule has 2 nitrogen and oxygen atoms in total. The minimum Gasteiger partial charge on any atom is -0.392 e. The molecule has 0 unspecified atom stereocenters. The Morgan fingerprint density at radius 3 is 2.76 bits per heavy atom. The van der Waals surface area contributed by atoms with Gasteiger partial charge in [0.1, 0.15) is 0 Å². The Labute approximate surface area is 103 Å². The summed E-state index contributed by atoms with van der Waals surface area (Å²) in [5.41, 5.74) is 1.77. The Bertz CT molecular complexity index is 376. The van der Waals surface area contributed by atoms with E-state index in [1.165, 1.54) is 0 Å². The molecule has 0 radical (unpaired) electrons. The van der Waals surface area contributed by atoms with Gasteiger partial charge in [0.15, 0.2) is 5.78 Å². The molecule has 0 bridgehead atoms. The van der Waals surface area contributed by atoms with Crippen LogP contribution in [0.3, 0.4) is 0 Å². The summed E-state index contributed by atoms with van der Waals surface area (Å²) in [6.07, 6.45) is 5.97. The molecular weight excluding hydrogens is 212 g/mol. The van der Waals surface area contributed by atoms with Crippen LogP contribution in [0.1, 0.15) is 33.6 Å². The van der Waals surface area contributed by atoms with E-state index in [-0.39, 0.29) is 12.4 Å². The maximum Gasteiger partial charge on any atom is 0.161 e. The van der Waals surface area contributed by atoms with E-state index in [1.807, 2.05) is 0 Å². The number of allylic oxidation sites excluding steroid dienone is 3. The fraction of sp³-hybridized carbons (Fsp3) is 0.667. The van der Waals surface area contributed by atoms with Crippen molar-refractivity contribution < 1.29 is 9.90 Å². The quantitative estimate of drug-likeness (QED) is 0.797. The number of hydrogen-bond donors (Lipinski definition) is 1. The molecule has 2 rings (SSSR count). The summed E-state index contributed by atoms with van der Waals surface area (Å²) in [5, 5.41) is 9.38. The number of rotatable bonds is 2. The van der Waals surface area contributed by atoms with Crippen LogP contribution >= 0.6 is 0 Å². The summed E-state index contributed by atoms with van der Waals surface area (Å²) in [5.74, 6) is 2.17. The van der Waals surface area contributed by atoms with Crippen molar-refractivity contribution in [2.75, 3.05) is 6.61 Å². The third-order valence-corrected chi connectivity index (χ3v) is 4.27. The van der Waals surface area contributed by atoms with E-state index >= 15 is 0 Å². The monoisotopic (exact) mass is 234 g/mol. The van der Waals surface area contributed by atoms with Crippen LogP contribution in [0, 0.1) is 23.7 Å². The SMILES string of the molecule is CC(C)[C@H]1CC(=O)C(CO)=C2C=C[C@@H](C)C[C@@H]21. The second kappa shape index (κ2) is 4.77. The minimum atomic E-state index is -0.103. The van der Waals surface area contributed by atoms with E-state index in [1.54, 1.807) is 0 Å². The van der Waals surface area contributed by atoms with Crippen LogP contribution in [0.15, 0.2) is 23.3 Å². The highest BCUT2D eigenvalue weighted by atomic mass is 16.3. The number of Topliss-reactive ketones (excluding diaryl/α,β-unsaturated/α-hetero) is 1. The molecule has 0 aromatic carbocycles. The van der Waals surface area contributed by atoms with Crippen LogP contribution in [0.25, 0.3) is 0 Å². The molecule has 2 heteroatoms. The first-order valence-corrected chi connectivity index (χ1v) is 6.59. The molecule has 94 valence electrons. The number of ketones is 1. The first-order chi connectivity index (χ1) is 8.04. The predicted octanol–water partition coefficient (Wildman–Crippen LogP) is 2.73. The molecular formula is C15H22O2. The molecule has 0 saturated heterocycles. The highest BCUT2D eigenvalue weighted by molar-refractivity contribution is 5.98. The summed E-state index contributed by atoms with van der Waals surface area (Å²) < 4.78 is 0. The third kappa shape index (κ3) is 2.23. The van der Waals surface area contributed by atoms with Crippen molar-refractivity contribution >= 4 is 5.78 Å². The number of carbonyl (C=O) groups is 1. The van der Waals surface area contributed by atoms with Gasteiger partial charge in [-0.25, -0.2) is 0 Å². The van der Waals surface area contributed by atoms with Crippen LogP contribution in [-0.2, 0) is 4.79 Å². The molecule has 2 aliphatic rings. The van der Waals surface area contributed by atoms with Crippen molar-refractivity contribution in [2.45, 2.75) is 33.6 Å². The van der Waals surface area contributed by atoms with E-state index in [0.717, 1.165) is 12.0 Å². The van der Waals surface area contributed by atoms with Gasteiger partial charge in [-0.1, -0.05) is 32.9 Å². The molecule has 2 aliphatic carbocycles. The van der Waals surface area contributed by atoms with Crippen molar-refractivity contribution in [1.82, 2.24) is 0 Å². The molecule has 0 heterocycles. The number of hydrogen-bond acceptors (Lipinski definition) is 2. The lowest BCUT2D eigenvalue weighted by atomic mass is 9.65. The van der Waals surface area contributed by atoms with Crippen LogP contribution < -0.4 is 0 Å². The Kier molecular flexibility index (Phi) is 3.53. The zero-order chi connectivity index (χ0) is 12.6. The van der Waals surface area contributed by atoms with Crippen molar-refractivity contribution in [3.05, 3.63) is 23.3 Å². The molecule has 17 heavy (non-hydrogen) atoms. The average Bonchev–Trinajstić information content (AvgIpc) is 2.28. The summed E-state index contributed by atoms with van der Waals surface area (Å²) >= 11 is 0. The Hall–Kier alpha value is -0.890. The molecule has 3 atom stereocenters. The molecule has 0 aromatic rings. The maximum atomic E-state index is 12.0.